The van der Waals surface area contributed by atoms with Crippen LogP contribution in [0.1, 0.15) is 38.2 Å². The molecule has 0 atom stereocenters. The summed E-state index contributed by atoms with van der Waals surface area (Å²) >= 11 is 0. The van der Waals surface area contributed by atoms with Gasteiger partial charge in [-0.3, -0.25) is 14.8 Å². The first-order valence-electron chi connectivity index (χ1n) is 12.6. The van der Waals surface area contributed by atoms with E-state index in [1.807, 2.05) is 24.3 Å². The lowest BCUT2D eigenvalue weighted by Crippen LogP contribution is -2.48. The van der Waals surface area contributed by atoms with Crippen molar-refractivity contribution in [3.63, 3.8) is 0 Å². The molecule has 0 radical (unpaired) electrons. The van der Waals surface area contributed by atoms with Crippen molar-refractivity contribution >= 4 is 17.9 Å². The number of anilines is 1. The first kappa shape index (κ1) is 25.6. The number of nitrogens with zero attached hydrogens (tertiary/aromatic N) is 4. The van der Waals surface area contributed by atoms with Crippen LogP contribution in [0.25, 0.3) is 5.69 Å². The molecule has 2 fully saturated rings. The highest BCUT2D eigenvalue weighted by Gasteiger charge is 2.26. The third kappa shape index (κ3) is 6.61. The van der Waals surface area contributed by atoms with E-state index in [4.69, 9.17) is 5.11 Å². The fourth-order valence-electron chi connectivity index (χ4n) is 4.98. The predicted octanol–water partition coefficient (Wildman–Crippen LogP) is 2.07. The lowest BCUT2D eigenvalue weighted by molar-refractivity contribution is 0.138. The molecule has 2 aromatic rings. The Hall–Kier alpha value is -3.44. The summed E-state index contributed by atoms with van der Waals surface area (Å²) in [7, 11) is 0. The van der Waals surface area contributed by atoms with Gasteiger partial charge in [0.15, 0.2) is 0 Å². The molecule has 3 amide bonds. The smallest absolute Gasteiger partial charge is 0.404 e. The van der Waals surface area contributed by atoms with E-state index < -0.39 is 11.8 Å². The van der Waals surface area contributed by atoms with Crippen LogP contribution in [0.5, 0.6) is 0 Å². The van der Waals surface area contributed by atoms with Gasteiger partial charge in [-0.05, 0) is 56.0 Å². The van der Waals surface area contributed by atoms with Crippen LogP contribution in [0.2, 0.25) is 0 Å². The molecule has 194 valence electrons. The lowest BCUT2D eigenvalue weighted by Gasteiger charge is -2.36. The molecule has 1 saturated heterocycles. The maximum atomic E-state index is 12.6. The van der Waals surface area contributed by atoms with Crippen LogP contribution in [-0.2, 0) is 6.54 Å². The molecule has 1 aromatic carbocycles. The van der Waals surface area contributed by atoms with Gasteiger partial charge in [-0.15, -0.1) is 0 Å². The quantitative estimate of drug-likeness (QED) is 0.460. The summed E-state index contributed by atoms with van der Waals surface area (Å²) in [6.07, 6.45) is 4.32. The number of amides is 3. The summed E-state index contributed by atoms with van der Waals surface area (Å²) in [5.41, 5.74) is 1.40. The van der Waals surface area contributed by atoms with E-state index in [0.717, 1.165) is 57.4 Å². The van der Waals surface area contributed by atoms with Gasteiger partial charge in [-0.1, -0.05) is 19.1 Å². The van der Waals surface area contributed by atoms with Crippen LogP contribution in [0, 0.1) is 0 Å². The number of aromatic nitrogens is 2. The molecule has 0 bridgehead atoms. The molecule has 0 unspecified atom stereocenters. The van der Waals surface area contributed by atoms with Gasteiger partial charge in [0.1, 0.15) is 5.82 Å². The van der Waals surface area contributed by atoms with Crippen molar-refractivity contribution in [1.29, 1.82) is 0 Å². The molecule has 1 aliphatic carbocycles. The van der Waals surface area contributed by atoms with E-state index in [2.05, 4.69) is 32.8 Å². The first-order valence-corrected chi connectivity index (χ1v) is 12.6. The summed E-state index contributed by atoms with van der Waals surface area (Å²) in [6, 6.07) is 9.69. The average molecular weight is 498 g/mol. The zero-order valence-corrected chi connectivity index (χ0v) is 20.7. The highest BCUT2D eigenvalue weighted by Crippen LogP contribution is 2.25. The number of benzene rings is 1. The number of urea groups is 1. The van der Waals surface area contributed by atoms with Crippen LogP contribution < -0.4 is 21.6 Å². The van der Waals surface area contributed by atoms with E-state index in [-0.39, 0.29) is 17.9 Å². The molecule has 36 heavy (non-hydrogen) atoms. The normalized spacial score (nSPS) is 20.2. The van der Waals surface area contributed by atoms with Crippen molar-refractivity contribution in [3.8, 4) is 5.69 Å². The lowest BCUT2D eigenvalue weighted by atomic mass is 9.90. The zero-order valence-electron chi connectivity index (χ0n) is 20.7. The standard InChI is InChI=1S/C25H35N7O4/c1-2-30(20-9-5-19(6-10-20)27-25(35)36)17-18-3-7-21(8-4-18)32-14-11-22(29-24(32)34)28-23(33)31-15-12-26-13-16-31/h3-4,7-8,11,14,19-20,26-27H,2,5-6,9-10,12-13,15-17H2,1H3,(H,35,36)(H,28,29,33,34). The summed E-state index contributed by atoms with van der Waals surface area (Å²) in [5, 5.41) is 17.4. The molecule has 1 aromatic heterocycles. The number of carbonyl (C=O) groups excluding carboxylic acids is 1. The summed E-state index contributed by atoms with van der Waals surface area (Å²) in [4.78, 5) is 44.0. The highest BCUT2D eigenvalue weighted by molar-refractivity contribution is 5.88. The van der Waals surface area contributed by atoms with Gasteiger partial charge < -0.3 is 20.6 Å². The number of carboxylic acid groups (broad SMARTS) is 1. The van der Waals surface area contributed by atoms with Crippen LogP contribution in [0.3, 0.4) is 0 Å². The van der Waals surface area contributed by atoms with Crippen molar-refractivity contribution in [1.82, 2.24) is 30.0 Å². The van der Waals surface area contributed by atoms with Crippen molar-refractivity contribution < 1.29 is 14.7 Å². The Morgan fingerprint density at radius 2 is 1.81 bits per heavy atom. The third-order valence-electron chi connectivity index (χ3n) is 6.99. The fourth-order valence-corrected chi connectivity index (χ4v) is 4.98. The predicted molar refractivity (Wildman–Crippen MR) is 137 cm³/mol. The van der Waals surface area contributed by atoms with Crippen LogP contribution in [0.15, 0.2) is 41.3 Å². The van der Waals surface area contributed by atoms with Gasteiger partial charge >= 0.3 is 17.8 Å². The summed E-state index contributed by atoms with van der Waals surface area (Å²) in [5.74, 6) is 0.239. The van der Waals surface area contributed by atoms with Gasteiger partial charge in [0, 0.05) is 51.0 Å². The third-order valence-corrected chi connectivity index (χ3v) is 6.99. The second kappa shape index (κ2) is 12.0. The molecule has 2 aliphatic rings. The number of hydrogen-bond acceptors (Lipinski definition) is 6. The van der Waals surface area contributed by atoms with E-state index >= 15 is 0 Å². The number of nitrogens with one attached hydrogen (secondary N) is 3. The monoisotopic (exact) mass is 497 g/mol. The van der Waals surface area contributed by atoms with Gasteiger partial charge in [0.2, 0.25) is 0 Å². The van der Waals surface area contributed by atoms with E-state index in [0.29, 0.717) is 24.8 Å². The van der Waals surface area contributed by atoms with Crippen molar-refractivity contribution in [2.24, 2.45) is 0 Å². The zero-order chi connectivity index (χ0) is 25.5. The molecule has 2 heterocycles. The molecular weight excluding hydrogens is 462 g/mol. The Kier molecular flexibility index (Phi) is 8.55. The number of carbonyl (C=O) groups is 2. The van der Waals surface area contributed by atoms with E-state index in [9.17, 15) is 14.4 Å². The Bertz CT molecular complexity index is 1090. The van der Waals surface area contributed by atoms with Crippen LogP contribution in [-0.4, -0.2) is 81.4 Å². The molecule has 1 aliphatic heterocycles. The summed E-state index contributed by atoms with van der Waals surface area (Å²) < 4.78 is 1.46. The minimum absolute atomic E-state index is 0.0467. The maximum absolute atomic E-state index is 12.6. The van der Waals surface area contributed by atoms with Crippen LogP contribution >= 0.6 is 0 Å². The van der Waals surface area contributed by atoms with Gasteiger partial charge in [0.05, 0.1) is 5.69 Å². The van der Waals surface area contributed by atoms with Gasteiger partial charge in [-0.25, -0.2) is 14.4 Å². The van der Waals surface area contributed by atoms with Crippen molar-refractivity contribution in [2.45, 2.75) is 51.2 Å². The second-order valence-electron chi connectivity index (χ2n) is 9.32. The SMILES string of the molecule is CCN(Cc1ccc(-n2ccc(NC(=O)N3CCNCC3)nc2=O)cc1)C1CCC(NC(=O)O)CC1. The van der Waals surface area contributed by atoms with Crippen molar-refractivity contribution in [2.75, 3.05) is 38.0 Å². The van der Waals surface area contributed by atoms with E-state index in [1.165, 1.54) is 4.57 Å². The largest absolute Gasteiger partial charge is 0.465 e. The molecular formula is C25H35N7O4. The van der Waals surface area contributed by atoms with Gasteiger partial charge in [0.25, 0.3) is 0 Å². The average Bonchev–Trinajstić information content (AvgIpc) is 2.88. The number of rotatable bonds is 7. The van der Waals surface area contributed by atoms with E-state index in [1.54, 1.807) is 17.2 Å². The Morgan fingerprint density at radius 3 is 2.42 bits per heavy atom. The summed E-state index contributed by atoms with van der Waals surface area (Å²) in [6.45, 7) is 6.59. The van der Waals surface area contributed by atoms with Gasteiger partial charge in [-0.2, -0.15) is 4.98 Å². The molecule has 4 rings (SSSR count). The minimum atomic E-state index is -0.949. The van der Waals surface area contributed by atoms with Crippen molar-refractivity contribution in [3.05, 3.63) is 52.6 Å². The Labute approximate surface area is 210 Å². The van der Waals surface area contributed by atoms with Crippen LogP contribution in [0.4, 0.5) is 15.4 Å². The maximum Gasteiger partial charge on any atom is 0.404 e. The highest BCUT2D eigenvalue weighted by atomic mass is 16.4. The fraction of sp³-hybridized carbons (Fsp3) is 0.520. The Balaban J connectivity index is 1.34. The number of piperazine rings is 1. The number of hydrogen-bond donors (Lipinski definition) is 4. The minimum Gasteiger partial charge on any atom is -0.465 e. The topological polar surface area (TPSA) is 132 Å². The molecule has 0 spiro atoms. The second-order valence-corrected chi connectivity index (χ2v) is 9.32. The molecule has 11 heteroatoms. The molecule has 1 saturated carbocycles. The Morgan fingerprint density at radius 1 is 1.11 bits per heavy atom. The first-order chi connectivity index (χ1) is 17.4. The molecule has 11 nitrogen and oxygen atoms in total. The molecule has 4 N–H and O–H groups in total.